The van der Waals surface area contributed by atoms with Gasteiger partial charge in [-0.25, -0.2) is 4.79 Å². The Morgan fingerprint density at radius 1 is 1.25 bits per heavy atom. The standard InChI is InChI=1S/C14H25N3O3/c1-11-9-17(7-8-20-11)10-13(18)16-14(19)15-12-5-3-2-4-6-12/h11-12H,2-10H2,1H3,(H2,15,16,18,19). The van der Waals surface area contributed by atoms with E-state index in [-0.39, 0.29) is 30.6 Å². The van der Waals surface area contributed by atoms with Crippen molar-refractivity contribution >= 4 is 11.9 Å². The Kier molecular flexibility index (Phi) is 5.79. The normalized spacial score (nSPS) is 25.1. The molecule has 0 aromatic rings. The molecule has 2 fully saturated rings. The minimum absolute atomic E-state index is 0.146. The fourth-order valence-corrected chi connectivity index (χ4v) is 2.87. The third kappa shape index (κ3) is 5.09. The van der Waals surface area contributed by atoms with E-state index in [0.717, 1.165) is 38.8 Å². The van der Waals surface area contributed by atoms with E-state index in [1.54, 1.807) is 0 Å². The summed E-state index contributed by atoms with van der Waals surface area (Å²) >= 11 is 0. The predicted molar refractivity (Wildman–Crippen MR) is 75.4 cm³/mol. The number of carbonyl (C=O) groups is 2. The lowest BCUT2D eigenvalue weighted by atomic mass is 9.96. The molecule has 20 heavy (non-hydrogen) atoms. The lowest BCUT2D eigenvalue weighted by Gasteiger charge is -2.30. The molecule has 114 valence electrons. The average molecular weight is 283 g/mol. The molecule has 1 heterocycles. The van der Waals surface area contributed by atoms with Gasteiger partial charge in [-0.3, -0.25) is 15.0 Å². The Hall–Kier alpha value is -1.14. The maximum absolute atomic E-state index is 11.8. The highest BCUT2D eigenvalue weighted by atomic mass is 16.5. The minimum Gasteiger partial charge on any atom is -0.376 e. The molecule has 2 rings (SSSR count). The van der Waals surface area contributed by atoms with E-state index in [0.29, 0.717) is 6.61 Å². The van der Waals surface area contributed by atoms with Crippen LogP contribution < -0.4 is 10.6 Å². The van der Waals surface area contributed by atoms with E-state index >= 15 is 0 Å². The van der Waals surface area contributed by atoms with Gasteiger partial charge in [0.05, 0.1) is 19.3 Å². The van der Waals surface area contributed by atoms with Gasteiger partial charge >= 0.3 is 6.03 Å². The van der Waals surface area contributed by atoms with Crippen LogP contribution >= 0.6 is 0 Å². The predicted octanol–water partition coefficient (Wildman–Crippen LogP) is 0.866. The number of nitrogens with zero attached hydrogens (tertiary/aromatic N) is 1. The van der Waals surface area contributed by atoms with E-state index in [9.17, 15) is 9.59 Å². The van der Waals surface area contributed by atoms with E-state index in [2.05, 4.69) is 10.6 Å². The van der Waals surface area contributed by atoms with Crippen molar-refractivity contribution in [1.29, 1.82) is 0 Å². The van der Waals surface area contributed by atoms with Gasteiger partial charge in [0.1, 0.15) is 0 Å². The molecule has 0 aromatic carbocycles. The molecular weight excluding hydrogens is 258 g/mol. The molecule has 3 amide bonds. The zero-order valence-electron chi connectivity index (χ0n) is 12.2. The summed E-state index contributed by atoms with van der Waals surface area (Å²) in [6.45, 7) is 4.36. The largest absolute Gasteiger partial charge is 0.376 e. The number of carbonyl (C=O) groups excluding carboxylic acids is 2. The maximum atomic E-state index is 11.8. The maximum Gasteiger partial charge on any atom is 0.321 e. The second-order valence-electron chi connectivity index (χ2n) is 5.77. The van der Waals surface area contributed by atoms with Crippen molar-refractivity contribution in [2.75, 3.05) is 26.2 Å². The molecule has 0 aromatic heterocycles. The van der Waals surface area contributed by atoms with Gasteiger partial charge in [-0.05, 0) is 19.8 Å². The molecule has 6 nitrogen and oxygen atoms in total. The number of ether oxygens (including phenoxy) is 1. The molecule has 1 aliphatic carbocycles. The molecular formula is C14H25N3O3. The van der Waals surface area contributed by atoms with Gasteiger partial charge in [-0.1, -0.05) is 19.3 Å². The van der Waals surface area contributed by atoms with Gasteiger partial charge in [0.25, 0.3) is 0 Å². The van der Waals surface area contributed by atoms with Crippen LogP contribution in [0.5, 0.6) is 0 Å². The number of imide groups is 1. The Labute approximate surface area is 120 Å². The number of hydrogen-bond donors (Lipinski definition) is 2. The quantitative estimate of drug-likeness (QED) is 0.806. The van der Waals surface area contributed by atoms with Crippen LogP contribution in [0.2, 0.25) is 0 Å². The van der Waals surface area contributed by atoms with Crippen molar-refractivity contribution in [3.8, 4) is 0 Å². The van der Waals surface area contributed by atoms with Crippen LogP contribution in [-0.2, 0) is 9.53 Å². The van der Waals surface area contributed by atoms with Crippen LogP contribution in [0.1, 0.15) is 39.0 Å². The third-order valence-corrected chi connectivity index (χ3v) is 3.89. The van der Waals surface area contributed by atoms with Gasteiger partial charge in [-0.15, -0.1) is 0 Å². The smallest absolute Gasteiger partial charge is 0.321 e. The number of amides is 3. The third-order valence-electron chi connectivity index (χ3n) is 3.89. The molecule has 2 aliphatic rings. The van der Waals surface area contributed by atoms with Crippen LogP contribution in [0.4, 0.5) is 4.79 Å². The lowest BCUT2D eigenvalue weighted by Crippen LogP contribution is -2.50. The molecule has 0 spiro atoms. The van der Waals surface area contributed by atoms with E-state index in [4.69, 9.17) is 4.74 Å². The van der Waals surface area contributed by atoms with Crippen molar-refractivity contribution in [3.05, 3.63) is 0 Å². The van der Waals surface area contributed by atoms with Crippen molar-refractivity contribution in [1.82, 2.24) is 15.5 Å². The number of nitrogens with one attached hydrogen (secondary N) is 2. The number of morpholine rings is 1. The number of urea groups is 1. The summed E-state index contributed by atoms with van der Waals surface area (Å²) in [5.74, 6) is -0.243. The van der Waals surface area contributed by atoms with Crippen molar-refractivity contribution < 1.29 is 14.3 Å². The SMILES string of the molecule is CC1CN(CC(=O)NC(=O)NC2CCCCC2)CCO1. The Balaban J connectivity index is 1.66. The fourth-order valence-electron chi connectivity index (χ4n) is 2.87. The van der Waals surface area contributed by atoms with Crippen molar-refractivity contribution in [2.45, 2.75) is 51.2 Å². The second kappa shape index (κ2) is 7.59. The summed E-state index contributed by atoms with van der Waals surface area (Å²) in [6, 6.07) is -0.136. The van der Waals surface area contributed by atoms with Gasteiger partial charge < -0.3 is 10.1 Å². The monoisotopic (exact) mass is 283 g/mol. The minimum atomic E-state index is -0.358. The highest BCUT2D eigenvalue weighted by molar-refractivity contribution is 5.95. The summed E-state index contributed by atoms with van der Waals surface area (Å²) in [5.41, 5.74) is 0. The van der Waals surface area contributed by atoms with Crippen LogP contribution in [0.25, 0.3) is 0 Å². The summed E-state index contributed by atoms with van der Waals surface area (Å²) < 4.78 is 5.42. The molecule has 1 unspecified atom stereocenters. The van der Waals surface area contributed by atoms with Crippen LogP contribution in [0, 0.1) is 0 Å². The first-order valence-corrected chi connectivity index (χ1v) is 7.58. The van der Waals surface area contributed by atoms with Gasteiger partial charge in [0.15, 0.2) is 0 Å². The zero-order chi connectivity index (χ0) is 14.4. The highest BCUT2D eigenvalue weighted by Crippen LogP contribution is 2.17. The Morgan fingerprint density at radius 2 is 2.00 bits per heavy atom. The Morgan fingerprint density at radius 3 is 2.70 bits per heavy atom. The van der Waals surface area contributed by atoms with E-state index < -0.39 is 0 Å². The molecule has 1 atom stereocenters. The molecule has 6 heteroatoms. The van der Waals surface area contributed by atoms with Crippen LogP contribution in [0.15, 0.2) is 0 Å². The molecule has 0 bridgehead atoms. The lowest BCUT2D eigenvalue weighted by molar-refractivity contribution is -0.123. The molecule has 2 N–H and O–H groups in total. The average Bonchev–Trinajstić information content (AvgIpc) is 2.39. The first-order chi connectivity index (χ1) is 9.63. The van der Waals surface area contributed by atoms with Crippen LogP contribution in [-0.4, -0.2) is 55.2 Å². The summed E-state index contributed by atoms with van der Waals surface area (Å²) in [5, 5.41) is 5.30. The van der Waals surface area contributed by atoms with Gasteiger partial charge in [-0.2, -0.15) is 0 Å². The Bertz CT molecular complexity index is 343. The van der Waals surface area contributed by atoms with Gasteiger partial charge in [0.2, 0.25) is 5.91 Å². The van der Waals surface area contributed by atoms with Crippen LogP contribution in [0.3, 0.4) is 0 Å². The summed E-state index contributed by atoms with van der Waals surface area (Å²) in [6.07, 6.45) is 5.74. The highest BCUT2D eigenvalue weighted by Gasteiger charge is 2.21. The van der Waals surface area contributed by atoms with E-state index in [1.807, 2.05) is 11.8 Å². The fraction of sp³-hybridized carbons (Fsp3) is 0.857. The number of rotatable bonds is 3. The zero-order valence-corrected chi connectivity index (χ0v) is 12.2. The number of hydrogen-bond acceptors (Lipinski definition) is 4. The molecule has 1 saturated heterocycles. The first-order valence-electron chi connectivity index (χ1n) is 7.58. The molecule has 1 aliphatic heterocycles. The van der Waals surface area contributed by atoms with E-state index in [1.165, 1.54) is 6.42 Å². The second-order valence-corrected chi connectivity index (χ2v) is 5.77. The molecule has 0 radical (unpaired) electrons. The van der Waals surface area contributed by atoms with Crippen molar-refractivity contribution in [3.63, 3.8) is 0 Å². The van der Waals surface area contributed by atoms with Gasteiger partial charge in [0, 0.05) is 19.1 Å². The topological polar surface area (TPSA) is 70.7 Å². The first kappa shape index (κ1) is 15.3. The summed E-state index contributed by atoms with van der Waals surface area (Å²) in [7, 11) is 0. The molecule has 1 saturated carbocycles. The summed E-state index contributed by atoms with van der Waals surface area (Å²) in [4.78, 5) is 25.6. The van der Waals surface area contributed by atoms with Crippen molar-refractivity contribution in [2.24, 2.45) is 0 Å².